The van der Waals surface area contributed by atoms with Crippen LogP contribution in [0, 0.1) is 16.6 Å². The molecule has 3 nitrogen and oxygen atoms in total. The zero-order chi connectivity index (χ0) is 14.6. The molecule has 3 N–H and O–H groups in total. The van der Waals surface area contributed by atoms with Gasteiger partial charge in [-0.1, -0.05) is 32.0 Å². The number of nitrogens with one attached hydrogen (secondary N) is 1. The second-order valence-electron chi connectivity index (χ2n) is 5.73. The van der Waals surface area contributed by atoms with Crippen molar-refractivity contribution in [2.24, 2.45) is 11.1 Å². The summed E-state index contributed by atoms with van der Waals surface area (Å²) in [7, 11) is 1.97. The monoisotopic (exact) mass is 265 g/mol. The van der Waals surface area contributed by atoms with Gasteiger partial charge in [0.1, 0.15) is 5.82 Å². The predicted molar refractivity (Wildman–Crippen MR) is 77.8 cm³/mol. The van der Waals surface area contributed by atoms with E-state index in [0.717, 1.165) is 13.0 Å². The molecule has 0 fully saturated rings. The van der Waals surface area contributed by atoms with Gasteiger partial charge >= 0.3 is 0 Å². The summed E-state index contributed by atoms with van der Waals surface area (Å²) >= 11 is 0. The van der Waals surface area contributed by atoms with Crippen molar-refractivity contribution in [3.63, 3.8) is 0 Å². The number of nitrogens with zero attached hydrogens (tertiary/aromatic N) is 1. The lowest BCUT2D eigenvalue weighted by Crippen LogP contribution is -2.35. The summed E-state index contributed by atoms with van der Waals surface area (Å²) in [5, 5.41) is 7.55. The Kier molecular flexibility index (Phi) is 5.06. The normalized spacial score (nSPS) is 13.6. The van der Waals surface area contributed by atoms with Crippen LogP contribution in [0.5, 0.6) is 0 Å². The van der Waals surface area contributed by atoms with E-state index >= 15 is 0 Å². The molecule has 1 atom stereocenters. The van der Waals surface area contributed by atoms with Gasteiger partial charge in [0.2, 0.25) is 0 Å². The summed E-state index contributed by atoms with van der Waals surface area (Å²) in [6.45, 7) is 6.66. The summed E-state index contributed by atoms with van der Waals surface area (Å²) in [6.07, 6.45) is 0.775. The van der Waals surface area contributed by atoms with Crippen LogP contribution in [0.4, 0.5) is 4.39 Å². The van der Waals surface area contributed by atoms with Gasteiger partial charge in [0, 0.05) is 17.0 Å². The van der Waals surface area contributed by atoms with E-state index < -0.39 is 0 Å². The fourth-order valence-electron chi connectivity index (χ4n) is 1.84. The molecular formula is C15H24FN3. The smallest absolute Gasteiger partial charge is 0.127 e. The average Bonchev–Trinajstić information content (AvgIpc) is 2.35. The molecule has 1 rings (SSSR count). The summed E-state index contributed by atoms with van der Waals surface area (Å²) in [5.74, 6) is 0.0205. The maximum absolute atomic E-state index is 13.7. The van der Waals surface area contributed by atoms with Crippen molar-refractivity contribution in [3.05, 3.63) is 35.6 Å². The molecule has 0 amide bonds. The first-order valence-corrected chi connectivity index (χ1v) is 6.55. The Bertz CT molecular complexity index is 443. The number of benzene rings is 1. The molecule has 0 radical (unpaired) electrons. The average molecular weight is 265 g/mol. The molecular weight excluding hydrogens is 241 g/mol. The number of amidine groups is 1. The van der Waals surface area contributed by atoms with E-state index in [1.165, 1.54) is 6.07 Å². The maximum Gasteiger partial charge on any atom is 0.127 e. The minimum absolute atomic E-state index is 0.00366. The summed E-state index contributed by atoms with van der Waals surface area (Å²) < 4.78 is 13.7. The van der Waals surface area contributed by atoms with Crippen molar-refractivity contribution in [1.82, 2.24) is 4.90 Å². The fourth-order valence-corrected chi connectivity index (χ4v) is 1.84. The third-order valence-electron chi connectivity index (χ3n) is 3.84. The van der Waals surface area contributed by atoms with E-state index in [1.54, 1.807) is 6.07 Å². The van der Waals surface area contributed by atoms with Gasteiger partial charge in [0.25, 0.3) is 0 Å². The minimum Gasteiger partial charge on any atom is -0.387 e. The van der Waals surface area contributed by atoms with Crippen LogP contribution in [0.25, 0.3) is 0 Å². The Balaban J connectivity index is 2.66. The first-order valence-electron chi connectivity index (χ1n) is 6.55. The lowest BCUT2D eigenvalue weighted by atomic mass is 9.87. The molecule has 0 aromatic heterocycles. The standard InChI is InChI=1S/C15H24FN3/c1-11(12-7-5-6-8-13(12)16)19(4)10-9-15(2,3)14(17)18/h5-8,11H,9-10H2,1-4H3,(H3,17,18). The largest absolute Gasteiger partial charge is 0.387 e. The summed E-state index contributed by atoms with van der Waals surface area (Å²) in [4.78, 5) is 2.09. The Morgan fingerprint density at radius 1 is 1.42 bits per heavy atom. The maximum atomic E-state index is 13.7. The highest BCUT2D eigenvalue weighted by atomic mass is 19.1. The predicted octanol–water partition coefficient (Wildman–Crippen LogP) is 3.17. The molecule has 0 aliphatic heterocycles. The van der Waals surface area contributed by atoms with Crippen molar-refractivity contribution in [2.75, 3.05) is 13.6 Å². The zero-order valence-corrected chi connectivity index (χ0v) is 12.2. The second kappa shape index (κ2) is 6.15. The van der Waals surface area contributed by atoms with E-state index in [1.807, 2.05) is 40.0 Å². The Hall–Kier alpha value is -1.42. The number of hydrogen-bond donors (Lipinski definition) is 2. The lowest BCUT2D eigenvalue weighted by molar-refractivity contribution is 0.230. The van der Waals surface area contributed by atoms with E-state index in [4.69, 9.17) is 11.1 Å². The zero-order valence-electron chi connectivity index (χ0n) is 12.2. The second-order valence-corrected chi connectivity index (χ2v) is 5.73. The number of nitrogens with two attached hydrogens (primary N) is 1. The molecule has 19 heavy (non-hydrogen) atoms. The molecule has 0 heterocycles. The van der Waals surface area contributed by atoms with Crippen LogP contribution in [0.2, 0.25) is 0 Å². The SMILES string of the molecule is CC(c1ccccc1F)N(C)CCC(C)(C)C(=N)N. The van der Waals surface area contributed by atoms with Gasteiger partial charge < -0.3 is 5.73 Å². The molecule has 4 heteroatoms. The van der Waals surface area contributed by atoms with Gasteiger partial charge in [-0.2, -0.15) is 0 Å². The van der Waals surface area contributed by atoms with Crippen LogP contribution in [-0.2, 0) is 0 Å². The van der Waals surface area contributed by atoms with Crippen molar-refractivity contribution >= 4 is 5.84 Å². The quantitative estimate of drug-likeness (QED) is 0.613. The van der Waals surface area contributed by atoms with Crippen LogP contribution in [0.3, 0.4) is 0 Å². The highest BCUT2D eigenvalue weighted by Crippen LogP contribution is 2.25. The van der Waals surface area contributed by atoms with Crippen LogP contribution >= 0.6 is 0 Å². The van der Waals surface area contributed by atoms with Gasteiger partial charge in [-0.05, 0) is 33.0 Å². The third kappa shape index (κ3) is 4.03. The molecule has 1 unspecified atom stereocenters. The van der Waals surface area contributed by atoms with Crippen molar-refractivity contribution in [1.29, 1.82) is 5.41 Å². The van der Waals surface area contributed by atoms with Gasteiger partial charge in [-0.3, -0.25) is 10.3 Å². The first kappa shape index (κ1) is 15.6. The number of hydrogen-bond acceptors (Lipinski definition) is 2. The van der Waals surface area contributed by atoms with Crippen LogP contribution < -0.4 is 5.73 Å². The van der Waals surface area contributed by atoms with Gasteiger partial charge in [0.05, 0.1) is 5.84 Å². The molecule has 0 aliphatic carbocycles. The van der Waals surface area contributed by atoms with E-state index in [-0.39, 0.29) is 23.1 Å². The molecule has 0 spiro atoms. The van der Waals surface area contributed by atoms with E-state index in [9.17, 15) is 4.39 Å². The van der Waals surface area contributed by atoms with E-state index in [0.29, 0.717) is 5.56 Å². The fraction of sp³-hybridized carbons (Fsp3) is 0.533. The van der Waals surface area contributed by atoms with Crippen LogP contribution in [0.15, 0.2) is 24.3 Å². The molecule has 1 aromatic rings. The van der Waals surface area contributed by atoms with Crippen molar-refractivity contribution in [2.45, 2.75) is 33.2 Å². The molecule has 1 aromatic carbocycles. The lowest BCUT2D eigenvalue weighted by Gasteiger charge is -2.30. The Labute approximate surface area is 115 Å². The van der Waals surface area contributed by atoms with Crippen LogP contribution in [-0.4, -0.2) is 24.3 Å². The van der Waals surface area contributed by atoms with Crippen LogP contribution in [0.1, 0.15) is 38.8 Å². The van der Waals surface area contributed by atoms with Crippen molar-refractivity contribution < 1.29 is 4.39 Å². The molecule has 106 valence electrons. The highest BCUT2D eigenvalue weighted by Gasteiger charge is 2.23. The number of rotatable bonds is 6. The Morgan fingerprint density at radius 2 is 2.00 bits per heavy atom. The topological polar surface area (TPSA) is 53.1 Å². The minimum atomic E-state index is -0.316. The molecule has 0 saturated carbocycles. The number of halogens is 1. The highest BCUT2D eigenvalue weighted by molar-refractivity contribution is 5.82. The van der Waals surface area contributed by atoms with Crippen molar-refractivity contribution in [3.8, 4) is 0 Å². The van der Waals surface area contributed by atoms with Gasteiger partial charge in [-0.15, -0.1) is 0 Å². The molecule has 0 aliphatic rings. The first-order chi connectivity index (χ1) is 8.75. The van der Waals surface area contributed by atoms with Gasteiger partial charge in [-0.25, -0.2) is 4.39 Å². The molecule has 0 saturated heterocycles. The van der Waals surface area contributed by atoms with E-state index in [2.05, 4.69) is 4.90 Å². The summed E-state index contributed by atoms with van der Waals surface area (Å²) in [6, 6.07) is 6.85. The third-order valence-corrected chi connectivity index (χ3v) is 3.84. The van der Waals surface area contributed by atoms with Gasteiger partial charge in [0.15, 0.2) is 0 Å². The Morgan fingerprint density at radius 3 is 2.53 bits per heavy atom. The summed E-state index contributed by atoms with van der Waals surface area (Å²) in [5.41, 5.74) is 5.96. The molecule has 0 bridgehead atoms.